The molecule has 2 amide bonds. The molecule has 14 heteroatoms. The van der Waals surface area contributed by atoms with Crippen LogP contribution in [0.5, 0.6) is 0 Å². The lowest BCUT2D eigenvalue weighted by Crippen LogP contribution is -2.35. The first-order valence-corrected chi connectivity index (χ1v) is 11.8. The quantitative estimate of drug-likeness (QED) is 0.133. The van der Waals surface area contributed by atoms with Gasteiger partial charge in [-0.3, -0.25) is 9.59 Å². The molecule has 0 spiro atoms. The molecule has 0 saturated carbocycles. The Morgan fingerprint density at radius 2 is 1.05 bits per heavy atom. The molecule has 12 nitrogen and oxygen atoms in total. The topological polar surface area (TPSA) is 184 Å². The van der Waals surface area contributed by atoms with Gasteiger partial charge >= 0.3 is 23.8 Å². The van der Waals surface area contributed by atoms with Gasteiger partial charge in [0.15, 0.2) is 0 Å². The first kappa shape index (κ1) is 27.8. The van der Waals surface area contributed by atoms with Crippen molar-refractivity contribution in [3.05, 3.63) is 93.4 Å². The zero-order chi connectivity index (χ0) is 28.8. The summed E-state index contributed by atoms with van der Waals surface area (Å²) in [4.78, 5) is 46.4. The number of carboxylic acids is 2. The van der Waals surface area contributed by atoms with Crippen molar-refractivity contribution >= 4 is 59.4 Å². The van der Waals surface area contributed by atoms with E-state index in [-0.39, 0.29) is 32.7 Å². The van der Waals surface area contributed by atoms with E-state index in [1.54, 1.807) is 24.3 Å². The van der Waals surface area contributed by atoms with Crippen LogP contribution in [0.4, 0.5) is 0 Å². The molecular formula is C26H16Cl2N4O8. The molecule has 2 aromatic heterocycles. The Morgan fingerprint density at radius 3 is 1.43 bits per heavy atom. The predicted octanol–water partition coefficient (Wildman–Crippen LogP) is 4.51. The first-order valence-electron chi connectivity index (χ1n) is 11.0. The van der Waals surface area contributed by atoms with Crippen LogP contribution in [0.3, 0.4) is 0 Å². The second-order valence-electron chi connectivity index (χ2n) is 7.80. The summed E-state index contributed by atoms with van der Waals surface area (Å²) in [6.45, 7) is 0. The zero-order valence-electron chi connectivity index (χ0n) is 19.9. The molecule has 0 saturated heterocycles. The number of nitrogens with zero attached hydrogens (tertiary/aromatic N) is 2. The van der Waals surface area contributed by atoms with Crippen molar-refractivity contribution < 1.29 is 38.2 Å². The molecule has 0 fully saturated rings. The van der Waals surface area contributed by atoms with Crippen LogP contribution >= 0.6 is 23.2 Å². The van der Waals surface area contributed by atoms with Gasteiger partial charge in [-0.1, -0.05) is 23.2 Å². The largest absolute Gasteiger partial charge is 0.478 e. The maximum Gasteiger partial charge on any atom is 0.337 e. The first-order chi connectivity index (χ1) is 19.1. The third kappa shape index (κ3) is 6.62. The fourth-order valence-corrected chi connectivity index (χ4v) is 3.65. The summed E-state index contributed by atoms with van der Waals surface area (Å²) in [6, 6.07) is 14.9. The van der Waals surface area contributed by atoms with Gasteiger partial charge in [-0.25, -0.2) is 20.4 Å². The number of carbonyl (C=O) groups is 4. The number of hydrogen-bond acceptors (Lipinski definition) is 8. The predicted molar refractivity (Wildman–Crippen MR) is 144 cm³/mol. The third-order valence-corrected chi connectivity index (χ3v) is 5.80. The van der Waals surface area contributed by atoms with Crippen molar-refractivity contribution in [2.24, 2.45) is 10.2 Å². The van der Waals surface area contributed by atoms with Gasteiger partial charge < -0.3 is 19.0 Å². The number of amides is 2. The molecule has 0 aliphatic heterocycles. The van der Waals surface area contributed by atoms with Gasteiger partial charge in [-0.15, -0.1) is 0 Å². The number of nitrogens with one attached hydrogen (secondary N) is 2. The molecule has 0 unspecified atom stereocenters. The van der Waals surface area contributed by atoms with Gasteiger partial charge in [0.25, 0.3) is 0 Å². The molecule has 4 N–H and O–H groups in total. The average molecular weight is 583 g/mol. The van der Waals surface area contributed by atoms with Gasteiger partial charge in [0.2, 0.25) is 0 Å². The lowest BCUT2D eigenvalue weighted by Gasteiger charge is -2.02. The molecule has 4 aromatic rings. The minimum atomic E-state index is -1.19. The van der Waals surface area contributed by atoms with E-state index >= 15 is 0 Å². The van der Waals surface area contributed by atoms with E-state index < -0.39 is 23.8 Å². The van der Waals surface area contributed by atoms with Gasteiger partial charge in [-0.05, 0) is 60.7 Å². The van der Waals surface area contributed by atoms with Crippen molar-refractivity contribution in [1.29, 1.82) is 0 Å². The van der Waals surface area contributed by atoms with Crippen molar-refractivity contribution in [2.45, 2.75) is 0 Å². The average Bonchev–Trinajstić information content (AvgIpc) is 3.59. The molecule has 0 radical (unpaired) electrons. The van der Waals surface area contributed by atoms with E-state index in [1.165, 1.54) is 36.4 Å². The fourth-order valence-electron chi connectivity index (χ4n) is 3.25. The zero-order valence-corrected chi connectivity index (χ0v) is 21.4. The second kappa shape index (κ2) is 12.1. The van der Waals surface area contributed by atoms with Crippen LogP contribution in [0, 0.1) is 0 Å². The lowest BCUT2D eigenvalue weighted by molar-refractivity contribution is -0.139. The number of carboxylic acid groups (broad SMARTS) is 2. The van der Waals surface area contributed by atoms with Crippen LogP contribution in [0.15, 0.2) is 79.7 Å². The van der Waals surface area contributed by atoms with Crippen LogP contribution < -0.4 is 10.9 Å². The van der Waals surface area contributed by atoms with E-state index in [0.29, 0.717) is 22.6 Å². The van der Waals surface area contributed by atoms with Gasteiger partial charge in [0.05, 0.1) is 33.6 Å². The number of furan rings is 2. The highest BCUT2D eigenvalue weighted by Crippen LogP contribution is 2.28. The summed E-state index contributed by atoms with van der Waals surface area (Å²) in [6.07, 6.45) is 2.28. The van der Waals surface area contributed by atoms with Crippen molar-refractivity contribution in [3.63, 3.8) is 0 Å². The second-order valence-corrected chi connectivity index (χ2v) is 8.62. The van der Waals surface area contributed by atoms with Gasteiger partial charge in [0, 0.05) is 11.1 Å². The number of hydrogen-bond donors (Lipinski definition) is 4. The Balaban J connectivity index is 1.30. The highest BCUT2D eigenvalue weighted by molar-refractivity contribution is 6.35. The number of hydrazone groups is 2. The fraction of sp³-hybridized carbons (Fsp3) is 0. The number of benzene rings is 2. The van der Waals surface area contributed by atoms with Crippen LogP contribution in [0.2, 0.25) is 10.0 Å². The van der Waals surface area contributed by atoms with Gasteiger partial charge in [0.1, 0.15) is 23.0 Å². The smallest absolute Gasteiger partial charge is 0.337 e. The van der Waals surface area contributed by atoms with Crippen molar-refractivity contribution in [2.75, 3.05) is 0 Å². The standard InChI is InChI=1S/C26H16Cl2N4O8/c27-19-5-1-13(9-17(19)25(35)36)21-7-3-15(39-21)11-29-31-23(33)24(34)32-30-12-16-4-8-22(40-16)14-2-6-20(28)18(10-14)26(37)38/h1-12H,(H,31,33)(H,32,34)(H,35,36)(H,37,38). The number of halogens is 2. The molecule has 4 rings (SSSR count). The summed E-state index contributed by atoms with van der Waals surface area (Å²) in [5.74, 6) is -3.52. The van der Waals surface area contributed by atoms with Crippen LogP contribution in [-0.2, 0) is 9.59 Å². The number of carbonyl (C=O) groups excluding carboxylic acids is 2. The molecule has 0 aliphatic carbocycles. The molecule has 202 valence electrons. The Bertz CT molecular complexity index is 1570. The summed E-state index contributed by atoms with van der Waals surface area (Å²) < 4.78 is 11.1. The summed E-state index contributed by atoms with van der Waals surface area (Å²) >= 11 is 11.7. The number of rotatable bonds is 8. The van der Waals surface area contributed by atoms with E-state index in [9.17, 15) is 29.4 Å². The monoisotopic (exact) mass is 582 g/mol. The third-order valence-electron chi connectivity index (χ3n) is 5.14. The summed E-state index contributed by atoms with van der Waals surface area (Å²) in [7, 11) is 0. The Hall–Kier alpha value is -5.20. The molecule has 2 heterocycles. The van der Waals surface area contributed by atoms with Crippen molar-refractivity contribution in [3.8, 4) is 22.6 Å². The minimum Gasteiger partial charge on any atom is -0.478 e. The summed E-state index contributed by atoms with van der Waals surface area (Å²) in [5.41, 5.74) is 4.77. The maximum atomic E-state index is 11.9. The lowest BCUT2D eigenvalue weighted by atomic mass is 10.1. The number of aromatic carboxylic acids is 2. The Kier molecular flexibility index (Phi) is 8.42. The molecule has 0 bridgehead atoms. The van der Waals surface area contributed by atoms with Gasteiger partial charge in [-0.2, -0.15) is 10.2 Å². The van der Waals surface area contributed by atoms with E-state index in [4.69, 9.17) is 32.0 Å². The van der Waals surface area contributed by atoms with Crippen molar-refractivity contribution in [1.82, 2.24) is 10.9 Å². The molecule has 0 aliphatic rings. The molecule has 0 atom stereocenters. The highest BCUT2D eigenvalue weighted by Gasteiger charge is 2.15. The normalized spacial score (nSPS) is 11.2. The molecule has 2 aromatic carbocycles. The SMILES string of the molecule is O=C(NN=Cc1ccc(-c2ccc(Cl)c(C(=O)O)c2)o1)C(=O)NN=Cc1ccc(-c2ccc(Cl)c(C(=O)O)c2)o1. The van der Waals surface area contributed by atoms with E-state index in [2.05, 4.69) is 10.2 Å². The van der Waals surface area contributed by atoms with Crippen LogP contribution in [-0.4, -0.2) is 46.4 Å². The minimum absolute atomic E-state index is 0.0813. The molecule has 40 heavy (non-hydrogen) atoms. The highest BCUT2D eigenvalue weighted by atomic mass is 35.5. The maximum absolute atomic E-state index is 11.9. The van der Waals surface area contributed by atoms with Crippen LogP contribution in [0.1, 0.15) is 32.2 Å². The van der Waals surface area contributed by atoms with E-state index in [0.717, 1.165) is 12.4 Å². The molecular weight excluding hydrogens is 567 g/mol. The summed E-state index contributed by atoms with van der Waals surface area (Å²) in [5, 5.41) is 25.8. The van der Waals surface area contributed by atoms with Crippen LogP contribution in [0.25, 0.3) is 22.6 Å². The Labute approximate surface area is 234 Å². The Morgan fingerprint density at radius 1 is 0.650 bits per heavy atom. The van der Waals surface area contributed by atoms with E-state index in [1.807, 2.05) is 10.9 Å².